The van der Waals surface area contributed by atoms with E-state index in [1.165, 1.54) is 0 Å². The Bertz CT molecular complexity index is 180. The van der Waals surface area contributed by atoms with Gasteiger partial charge in [0.2, 0.25) is 0 Å². The Kier molecular flexibility index (Phi) is 1.31. The summed E-state index contributed by atoms with van der Waals surface area (Å²) in [6.07, 6.45) is 1.18. The second-order valence-corrected chi connectivity index (χ2v) is 4.22. The van der Waals surface area contributed by atoms with Crippen LogP contribution in [0.5, 0.6) is 0 Å². The van der Waals surface area contributed by atoms with Gasteiger partial charge in [-0.1, -0.05) is 22.9 Å². The zero-order chi connectivity index (χ0) is 7.30. The number of carbonyl (C=O) groups excluding carboxylic acids is 1. The zero-order valence-corrected chi connectivity index (χ0v) is 7.30. The van der Waals surface area contributed by atoms with Gasteiger partial charge in [0.1, 0.15) is 6.10 Å². The van der Waals surface area contributed by atoms with Crippen LogP contribution < -0.4 is 0 Å². The fourth-order valence-electron chi connectivity index (χ4n) is 1.74. The van der Waals surface area contributed by atoms with Crippen LogP contribution >= 0.6 is 15.9 Å². The van der Waals surface area contributed by atoms with E-state index in [1.807, 2.05) is 0 Å². The van der Waals surface area contributed by atoms with Gasteiger partial charge >= 0.3 is 5.97 Å². The highest BCUT2D eigenvalue weighted by Crippen LogP contribution is 2.44. The number of alkyl halides is 1. The summed E-state index contributed by atoms with van der Waals surface area (Å²) in [6.45, 7) is 2.15. The molecule has 1 aliphatic heterocycles. The summed E-state index contributed by atoms with van der Waals surface area (Å²) in [5.74, 6) is 0.791. The average Bonchev–Trinajstić information content (AvgIpc) is 2.12. The molecule has 0 aromatic heterocycles. The van der Waals surface area contributed by atoms with Crippen molar-refractivity contribution in [2.45, 2.75) is 24.3 Å². The van der Waals surface area contributed by atoms with Crippen molar-refractivity contribution in [3.05, 3.63) is 0 Å². The molecule has 10 heavy (non-hydrogen) atoms. The molecule has 0 N–H and O–H groups in total. The van der Waals surface area contributed by atoms with Gasteiger partial charge in [-0.3, -0.25) is 4.79 Å². The summed E-state index contributed by atoms with van der Waals surface area (Å²) < 4.78 is 4.96. The van der Waals surface area contributed by atoms with Crippen molar-refractivity contribution < 1.29 is 9.53 Å². The second kappa shape index (κ2) is 1.97. The van der Waals surface area contributed by atoms with Crippen molar-refractivity contribution in [3.8, 4) is 0 Å². The molecule has 2 nitrogen and oxygen atoms in total. The summed E-state index contributed by atoms with van der Waals surface area (Å²) in [5, 5.41) is 0. The van der Waals surface area contributed by atoms with E-state index in [0.717, 1.165) is 6.42 Å². The van der Waals surface area contributed by atoms with E-state index in [0.29, 0.717) is 10.7 Å². The van der Waals surface area contributed by atoms with Crippen LogP contribution in [0.3, 0.4) is 0 Å². The molecule has 2 fully saturated rings. The van der Waals surface area contributed by atoms with Crippen molar-refractivity contribution in [3.63, 3.8) is 0 Å². The lowest BCUT2D eigenvalue weighted by molar-refractivity contribution is -0.179. The topological polar surface area (TPSA) is 26.3 Å². The minimum Gasteiger partial charge on any atom is -0.460 e. The zero-order valence-electron chi connectivity index (χ0n) is 5.71. The van der Waals surface area contributed by atoms with Crippen molar-refractivity contribution in [1.82, 2.24) is 0 Å². The molecule has 3 heteroatoms. The van der Waals surface area contributed by atoms with E-state index < -0.39 is 0 Å². The van der Waals surface area contributed by atoms with E-state index in [-0.39, 0.29) is 18.0 Å². The molecule has 56 valence electrons. The molecule has 0 unspecified atom stereocenters. The van der Waals surface area contributed by atoms with E-state index in [2.05, 4.69) is 22.9 Å². The highest BCUT2D eigenvalue weighted by atomic mass is 79.9. The molecule has 1 aliphatic carbocycles. The van der Waals surface area contributed by atoms with Crippen LogP contribution in [-0.2, 0) is 9.53 Å². The second-order valence-electron chi connectivity index (χ2n) is 3.17. The lowest BCUT2D eigenvalue weighted by Crippen LogP contribution is -2.44. The molecule has 0 aromatic rings. The van der Waals surface area contributed by atoms with E-state index in [4.69, 9.17) is 4.74 Å². The van der Waals surface area contributed by atoms with Gasteiger partial charge in [0.25, 0.3) is 0 Å². The Labute approximate surface area is 68.1 Å². The van der Waals surface area contributed by atoms with Crippen LogP contribution in [0.4, 0.5) is 0 Å². The standard InChI is InChI=1S/C7H9BrO2/c1-3-2-4-6(5(3)8)10-7(4)9/h3-6H,2H2,1H3/t3-,4-,5-,6-/m1/s1. The molecule has 4 atom stereocenters. The van der Waals surface area contributed by atoms with Crippen LogP contribution in [0.2, 0.25) is 0 Å². The molecular weight excluding hydrogens is 196 g/mol. The monoisotopic (exact) mass is 204 g/mol. The van der Waals surface area contributed by atoms with E-state index >= 15 is 0 Å². The molecule has 1 heterocycles. The molecule has 1 saturated heterocycles. The Balaban J connectivity index is 2.13. The molecule has 0 bridgehead atoms. The van der Waals surface area contributed by atoms with E-state index in [1.54, 1.807) is 0 Å². The molecule has 0 radical (unpaired) electrons. The normalized spacial score (nSPS) is 51.6. The van der Waals surface area contributed by atoms with Gasteiger partial charge in [0.15, 0.2) is 0 Å². The third-order valence-corrected chi connectivity index (χ3v) is 3.86. The SMILES string of the molecule is C[C@@H]1C[C@H]2C(=O)O[C@H]2[C@@H]1Br. The van der Waals surface area contributed by atoms with Crippen molar-refractivity contribution >= 4 is 21.9 Å². The largest absolute Gasteiger partial charge is 0.460 e. The van der Waals surface area contributed by atoms with Crippen LogP contribution in [0.15, 0.2) is 0 Å². The first-order chi connectivity index (χ1) is 4.70. The molecule has 0 spiro atoms. The predicted octanol–water partition coefficient (Wildman–Crippen LogP) is 1.33. The van der Waals surface area contributed by atoms with Gasteiger partial charge in [-0.05, 0) is 12.3 Å². The summed E-state index contributed by atoms with van der Waals surface area (Å²) in [7, 11) is 0. The summed E-state index contributed by atoms with van der Waals surface area (Å²) in [4.78, 5) is 11.2. The number of esters is 1. The maximum atomic E-state index is 10.8. The number of hydrogen-bond acceptors (Lipinski definition) is 2. The summed E-state index contributed by atoms with van der Waals surface area (Å²) >= 11 is 3.51. The van der Waals surface area contributed by atoms with Crippen molar-refractivity contribution in [2.75, 3.05) is 0 Å². The summed E-state index contributed by atoms with van der Waals surface area (Å²) in [6, 6.07) is 0. The number of hydrogen-bond donors (Lipinski definition) is 0. The predicted molar refractivity (Wildman–Crippen MR) is 39.9 cm³/mol. The van der Waals surface area contributed by atoms with Crippen LogP contribution in [0.1, 0.15) is 13.3 Å². The van der Waals surface area contributed by atoms with Gasteiger partial charge in [0, 0.05) is 0 Å². The van der Waals surface area contributed by atoms with Crippen LogP contribution in [0.25, 0.3) is 0 Å². The molecule has 0 aromatic carbocycles. The van der Waals surface area contributed by atoms with Crippen LogP contribution in [-0.4, -0.2) is 16.9 Å². The number of halogens is 1. The lowest BCUT2D eigenvalue weighted by Gasteiger charge is -2.30. The Morgan fingerprint density at radius 2 is 2.40 bits per heavy atom. The molecule has 1 saturated carbocycles. The number of carbonyl (C=O) groups is 1. The van der Waals surface area contributed by atoms with Gasteiger partial charge in [-0.15, -0.1) is 0 Å². The fraction of sp³-hybridized carbons (Fsp3) is 0.857. The van der Waals surface area contributed by atoms with E-state index in [9.17, 15) is 4.79 Å². The molecule has 2 aliphatic rings. The highest BCUT2D eigenvalue weighted by Gasteiger charge is 2.53. The van der Waals surface area contributed by atoms with Gasteiger partial charge in [-0.25, -0.2) is 0 Å². The minimum absolute atomic E-state index is 0.00111. The third-order valence-electron chi connectivity index (χ3n) is 2.43. The quantitative estimate of drug-likeness (QED) is 0.440. The van der Waals surface area contributed by atoms with Crippen molar-refractivity contribution in [1.29, 1.82) is 0 Å². The first-order valence-electron chi connectivity index (χ1n) is 3.54. The fourth-order valence-corrected chi connectivity index (χ4v) is 2.43. The molecule has 0 amide bonds. The first kappa shape index (κ1) is 6.65. The number of fused-ring (bicyclic) bond motifs is 1. The first-order valence-corrected chi connectivity index (χ1v) is 4.46. The van der Waals surface area contributed by atoms with Gasteiger partial charge in [0.05, 0.1) is 10.7 Å². The molecular formula is C7H9BrO2. The number of rotatable bonds is 0. The average molecular weight is 205 g/mol. The number of ether oxygens (including phenoxy) is 1. The maximum Gasteiger partial charge on any atom is 0.313 e. The smallest absolute Gasteiger partial charge is 0.313 e. The molecule has 2 rings (SSSR count). The Hall–Kier alpha value is -0.0500. The highest BCUT2D eigenvalue weighted by molar-refractivity contribution is 9.09. The third kappa shape index (κ3) is 0.669. The lowest BCUT2D eigenvalue weighted by atomic mass is 10.0. The van der Waals surface area contributed by atoms with Crippen LogP contribution in [0, 0.1) is 11.8 Å². The van der Waals surface area contributed by atoms with Crippen molar-refractivity contribution in [2.24, 2.45) is 11.8 Å². The van der Waals surface area contributed by atoms with Gasteiger partial charge < -0.3 is 4.74 Å². The maximum absolute atomic E-state index is 10.8. The Morgan fingerprint density at radius 1 is 1.70 bits per heavy atom. The summed E-state index contributed by atoms with van der Waals surface area (Å²) in [5.41, 5.74) is 0. The Morgan fingerprint density at radius 3 is 2.80 bits per heavy atom. The minimum atomic E-state index is -0.00111. The van der Waals surface area contributed by atoms with Gasteiger partial charge in [-0.2, -0.15) is 0 Å².